The van der Waals surface area contributed by atoms with Crippen LogP contribution in [-0.2, 0) is 0 Å². The second-order valence-electron chi connectivity index (χ2n) is 6.24. The Morgan fingerprint density at radius 2 is 2.00 bits per heavy atom. The topological polar surface area (TPSA) is 52.5 Å². The molecule has 1 fully saturated rings. The van der Waals surface area contributed by atoms with Gasteiger partial charge in [-0.05, 0) is 37.7 Å². The molecule has 21 heavy (non-hydrogen) atoms. The molecule has 0 bridgehead atoms. The second kappa shape index (κ2) is 7.34. The maximum Gasteiger partial charge on any atom is 0.129 e. The van der Waals surface area contributed by atoms with Crippen LogP contribution in [-0.4, -0.2) is 28.9 Å². The molecule has 1 atom stereocenters. The minimum atomic E-state index is -0.887. The molecular formula is C17H26FNO2. The van der Waals surface area contributed by atoms with Gasteiger partial charge in [-0.3, -0.25) is 0 Å². The van der Waals surface area contributed by atoms with Gasteiger partial charge in [-0.2, -0.15) is 0 Å². The van der Waals surface area contributed by atoms with Crippen LogP contribution < -0.4 is 5.32 Å². The van der Waals surface area contributed by atoms with Gasteiger partial charge in [0.05, 0.1) is 11.7 Å². The second-order valence-corrected chi connectivity index (χ2v) is 6.24. The molecule has 1 unspecified atom stereocenters. The molecule has 1 aromatic rings. The summed E-state index contributed by atoms with van der Waals surface area (Å²) in [7, 11) is 0. The Bertz CT molecular complexity index is 444. The van der Waals surface area contributed by atoms with Crippen molar-refractivity contribution in [3.8, 4) is 0 Å². The minimum Gasteiger partial charge on any atom is -0.389 e. The Kier molecular flexibility index (Phi) is 5.73. The van der Waals surface area contributed by atoms with Crippen molar-refractivity contribution in [1.82, 2.24) is 5.32 Å². The number of hydrogen-bond donors (Lipinski definition) is 3. The summed E-state index contributed by atoms with van der Waals surface area (Å²) in [5.41, 5.74) is -0.382. The Labute approximate surface area is 126 Å². The smallest absolute Gasteiger partial charge is 0.129 e. The van der Waals surface area contributed by atoms with Gasteiger partial charge in [0.25, 0.3) is 0 Å². The SMILES string of the molecule is CCC1CCC(O)(CNCC(O)c2ccccc2F)CC1. The van der Waals surface area contributed by atoms with E-state index in [-0.39, 0.29) is 6.54 Å². The molecule has 0 aliphatic heterocycles. The molecule has 0 heterocycles. The van der Waals surface area contributed by atoms with Crippen molar-refractivity contribution in [3.63, 3.8) is 0 Å². The van der Waals surface area contributed by atoms with Crippen molar-refractivity contribution < 1.29 is 14.6 Å². The molecule has 1 saturated carbocycles. The predicted molar refractivity (Wildman–Crippen MR) is 81.4 cm³/mol. The van der Waals surface area contributed by atoms with E-state index < -0.39 is 17.5 Å². The lowest BCUT2D eigenvalue weighted by Crippen LogP contribution is -2.44. The lowest BCUT2D eigenvalue weighted by molar-refractivity contribution is -0.0105. The molecule has 0 saturated heterocycles. The Hall–Kier alpha value is -0.970. The van der Waals surface area contributed by atoms with E-state index in [9.17, 15) is 14.6 Å². The Morgan fingerprint density at radius 1 is 1.33 bits per heavy atom. The van der Waals surface area contributed by atoms with Gasteiger partial charge in [0.15, 0.2) is 0 Å². The summed E-state index contributed by atoms with van der Waals surface area (Å²) in [6.07, 6.45) is 4.01. The summed E-state index contributed by atoms with van der Waals surface area (Å²) >= 11 is 0. The van der Waals surface area contributed by atoms with Crippen LogP contribution in [0.5, 0.6) is 0 Å². The maximum atomic E-state index is 13.5. The monoisotopic (exact) mass is 295 g/mol. The molecule has 3 nitrogen and oxygen atoms in total. The molecule has 1 aliphatic carbocycles. The van der Waals surface area contributed by atoms with Crippen molar-refractivity contribution in [2.75, 3.05) is 13.1 Å². The maximum absolute atomic E-state index is 13.5. The summed E-state index contributed by atoms with van der Waals surface area (Å²) < 4.78 is 13.5. The zero-order chi connectivity index (χ0) is 15.3. The van der Waals surface area contributed by atoms with Crippen molar-refractivity contribution >= 4 is 0 Å². The number of nitrogens with one attached hydrogen (secondary N) is 1. The highest BCUT2D eigenvalue weighted by molar-refractivity contribution is 5.19. The van der Waals surface area contributed by atoms with E-state index in [1.54, 1.807) is 18.2 Å². The molecule has 1 aliphatic rings. The minimum absolute atomic E-state index is 0.250. The van der Waals surface area contributed by atoms with E-state index in [1.165, 1.54) is 12.5 Å². The lowest BCUT2D eigenvalue weighted by atomic mass is 9.78. The van der Waals surface area contributed by atoms with E-state index in [1.807, 2.05) is 0 Å². The molecule has 0 spiro atoms. The normalized spacial score (nSPS) is 27.5. The number of benzene rings is 1. The first-order valence-corrected chi connectivity index (χ1v) is 7.89. The third kappa shape index (κ3) is 4.50. The van der Waals surface area contributed by atoms with Crippen LogP contribution in [0.15, 0.2) is 24.3 Å². The lowest BCUT2D eigenvalue weighted by Gasteiger charge is -2.36. The zero-order valence-corrected chi connectivity index (χ0v) is 12.7. The predicted octanol–water partition coefficient (Wildman–Crippen LogP) is 2.78. The van der Waals surface area contributed by atoms with Gasteiger partial charge >= 0.3 is 0 Å². The summed E-state index contributed by atoms with van der Waals surface area (Å²) in [6.45, 7) is 2.90. The van der Waals surface area contributed by atoms with Gasteiger partial charge in [-0.15, -0.1) is 0 Å². The quantitative estimate of drug-likeness (QED) is 0.756. The van der Waals surface area contributed by atoms with Crippen LogP contribution in [0.3, 0.4) is 0 Å². The molecule has 0 amide bonds. The fourth-order valence-corrected chi connectivity index (χ4v) is 3.10. The van der Waals surface area contributed by atoms with E-state index >= 15 is 0 Å². The van der Waals surface area contributed by atoms with Crippen molar-refractivity contribution in [3.05, 3.63) is 35.6 Å². The summed E-state index contributed by atoms with van der Waals surface area (Å²) in [5, 5.41) is 23.6. The third-order valence-corrected chi connectivity index (χ3v) is 4.67. The molecular weight excluding hydrogens is 269 g/mol. The largest absolute Gasteiger partial charge is 0.389 e. The highest BCUT2D eigenvalue weighted by Crippen LogP contribution is 2.33. The van der Waals surface area contributed by atoms with Gasteiger partial charge in [-0.25, -0.2) is 4.39 Å². The first-order valence-electron chi connectivity index (χ1n) is 7.89. The van der Waals surface area contributed by atoms with E-state index in [0.29, 0.717) is 12.1 Å². The van der Waals surface area contributed by atoms with Crippen LogP contribution in [0, 0.1) is 11.7 Å². The Morgan fingerprint density at radius 3 is 2.62 bits per heavy atom. The van der Waals surface area contributed by atoms with Gasteiger partial charge in [0.1, 0.15) is 5.82 Å². The number of hydrogen-bond acceptors (Lipinski definition) is 3. The van der Waals surface area contributed by atoms with Crippen molar-refractivity contribution in [2.24, 2.45) is 5.92 Å². The third-order valence-electron chi connectivity index (χ3n) is 4.67. The fourth-order valence-electron chi connectivity index (χ4n) is 3.10. The molecule has 1 aromatic carbocycles. The molecule has 3 N–H and O–H groups in total. The van der Waals surface area contributed by atoms with Crippen LogP contribution >= 0.6 is 0 Å². The summed E-state index contributed by atoms with van der Waals surface area (Å²) in [4.78, 5) is 0. The number of aliphatic hydroxyl groups is 2. The highest BCUT2D eigenvalue weighted by Gasteiger charge is 2.32. The molecule has 0 aromatic heterocycles. The van der Waals surface area contributed by atoms with Crippen LogP contribution in [0.25, 0.3) is 0 Å². The average Bonchev–Trinajstić information content (AvgIpc) is 2.48. The van der Waals surface area contributed by atoms with Crippen LogP contribution in [0.1, 0.15) is 50.7 Å². The van der Waals surface area contributed by atoms with Crippen LogP contribution in [0.4, 0.5) is 4.39 Å². The van der Waals surface area contributed by atoms with Crippen LogP contribution in [0.2, 0.25) is 0 Å². The number of halogens is 1. The van der Waals surface area contributed by atoms with E-state index in [0.717, 1.165) is 31.6 Å². The van der Waals surface area contributed by atoms with Crippen molar-refractivity contribution in [2.45, 2.75) is 50.7 Å². The number of aliphatic hydroxyl groups excluding tert-OH is 1. The van der Waals surface area contributed by atoms with E-state index in [4.69, 9.17) is 0 Å². The van der Waals surface area contributed by atoms with Crippen molar-refractivity contribution in [1.29, 1.82) is 0 Å². The van der Waals surface area contributed by atoms with Gasteiger partial charge < -0.3 is 15.5 Å². The molecule has 4 heteroatoms. The Balaban J connectivity index is 1.78. The summed E-state index contributed by atoms with van der Waals surface area (Å²) in [5.74, 6) is 0.336. The number of rotatable bonds is 6. The standard InChI is InChI=1S/C17H26FNO2/c1-2-13-7-9-17(21,10-8-13)12-19-11-16(20)14-5-3-4-6-15(14)18/h3-6,13,16,19-21H,2,7-12H2,1H3. The molecule has 118 valence electrons. The zero-order valence-electron chi connectivity index (χ0n) is 12.7. The molecule has 2 rings (SSSR count). The fraction of sp³-hybridized carbons (Fsp3) is 0.647. The first kappa shape index (κ1) is 16.4. The van der Waals surface area contributed by atoms with Gasteiger partial charge in [0.2, 0.25) is 0 Å². The van der Waals surface area contributed by atoms with E-state index in [2.05, 4.69) is 12.2 Å². The van der Waals surface area contributed by atoms with Gasteiger partial charge in [0, 0.05) is 18.7 Å². The van der Waals surface area contributed by atoms with Gasteiger partial charge in [-0.1, -0.05) is 31.5 Å². The molecule has 0 radical (unpaired) electrons. The average molecular weight is 295 g/mol. The highest BCUT2D eigenvalue weighted by atomic mass is 19.1. The summed E-state index contributed by atoms with van der Waals surface area (Å²) in [6, 6.07) is 6.25. The first-order chi connectivity index (χ1) is 10.0.